The molecule has 61 heavy (non-hydrogen) atoms. The van der Waals surface area contributed by atoms with Gasteiger partial charge in [0.1, 0.15) is 5.58 Å². The average Bonchev–Trinajstić information content (AvgIpc) is 3.89. The first-order valence-electron chi connectivity index (χ1n) is 20.8. The molecule has 0 unspecified atom stereocenters. The van der Waals surface area contributed by atoms with Gasteiger partial charge in [-0.05, 0) is 111 Å². The zero-order chi connectivity index (χ0) is 40.3. The van der Waals surface area contributed by atoms with Crippen LogP contribution in [-0.2, 0) is 0 Å². The van der Waals surface area contributed by atoms with Gasteiger partial charge < -0.3 is 13.9 Å². The zero-order valence-electron chi connectivity index (χ0n) is 33.2. The number of rotatable bonds is 7. The van der Waals surface area contributed by atoms with Crippen LogP contribution in [0.4, 0.5) is 17.1 Å². The molecule has 10 aromatic carbocycles. The summed E-state index contributed by atoms with van der Waals surface area (Å²) in [5, 5.41) is 7.04. The summed E-state index contributed by atoms with van der Waals surface area (Å²) in [7, 11) is 0. The summed E-state index contributed by atoms with van der Waals surface area (Å²) in [4.78, 5) is 2.31. The maximum Gasteiger partial charge on any atom is 0.159 e. The van der Waals surface area contributed by atoms with Crippen LogP contribution in [0.2, 0.25) is 0 Å². The number of hydrogen-bond acceptors (Lipinski definition) is 2. The molecule has 0 radical (unpaired) electrons. The molecule has 2 aromatic heterocycles. The molecule has 12 rings (SSSR count). The van der Waals surface area contributed by atoms with Crippen molar-refractivity contribution < 1.29 is 4.42 Å². The number of aromatic nitrogens is 1. The lowest BCUT2D eigenvalue weighted by Gasteiger charge is -2.25. The van der Waals surface area contributed by atoms with E-state index in [-0.39, 0.29) is 0 Å². The number of fused-ring (bicyclic) bond motifs is 8. The van der Waals surface area contributed by atoms with E-state index in [4.69, 9.17) is 4.42 Å². The Kier molecular flexibility index (Phi) is 8.17. The lowest BCUT2D eigenvalue weighted by Crippen LogP contribution is -2.10. The van der Waals surface area contributed by atoms with Gasteiger partial charge >= 0.3 is 0 Å². The quantitative estimate of drug-likeness (QED) is 0.161. The van der Waals surface area contributed by atoms with Crippen LogP contribution in [0, 0.1) is 0 Å². The fourth-order valence-corrected chi connectivity index (χ4v) is 9.35. The molecule has 0 spiro atoms. The molecule has 0 saturated carbocycles. The van der Waals surface area contributed by atoms with Crippen molar-refractivity contribution in [2.24, 2.45) is 0 Å². The molecule has 0 fully saturated rings. The molecular weight excluding hydrogens is 741 g/mol. The fourth-order valence-electron chi connectivity index (χ4n) is 9.35. The van der Waals surface area contributed by atoms with Gasteiger partial charge in [-0.2, -0.15) is 0 Å². The van der Waals surface area contributed by atoms with Gasteiger partial charge in [-0.15, -0.1) is 0 Å². The van der Waals surface area contributed by atoms with Crippen molar-refractivity contribution in [3.8, 4) is 39.1 Å². The molecule has 3 heteroatoms. The van der Waals surface area contributed by atoms with Crippen molar-refractivity contribution in [1.82, 2.24) is 4.57 Å². The van der Waals surface area contributed by atoms with Crippen molar-refractivity contribution in [3.63, 3.8) is 0 Å². The SMILES string of the molecule is c1ccc(-c2ccc(-c3ccc(N(c4ccccc4)c4cccc5c4oc4cc(-c6ccc7c(c6)c6ccccc6n7-c6ccccc6)c6ccccc6c45)cc3)cc2)cc1. The highest BCUT2D eigenvalue weighted by Crippen LogP contribution is 2.46. The third kappa shape index (κ3) is 5.82. The number of anilines is 3. The molecule has 0 N–H and O–H groups in total. The first kappa shape index (κ1) is 34.9. The van der Waals surface area contributed by atoms with E-state index in [0.717, 1.165) is 55.8 Å². The van der Waals surface area contributed by atoms with Crippen LogP contribution >= 0.6 is 0 Å². The van der Waals surface area contributed by atoms with Crippen LogP contribution in [0.3, 0.4) is 0 Å². The summed E-state index contributed by atoms with van der Waals surface area (Å²) >= 11 is 0. The Hall–Kier alpha value is -8.14. The third-order valence-electron chi connectivity index (χ3n) is 12.2. The van der Waals surface area contributed by atoms with Crippen molar-refractivity contribution in [1.29, 1.82) is 0 Å². The molecule has 0 amide bonds. The van der Waals surface area contributed by atoms with E-state index in [0.29, 0.717) is 0 Å². The van der Waals surface area contributed by atoms with Crippen LogP contribution in [0.15, 0.2) is 235 Å². The first-order valence-corrected chi connectivity index (χ1v) is 20.8. The normalized spacial score (nSPS) is 11.6. The smallest absolute Gasteiger partial charge is 0.159 e. The van der Waals surface area contributed by atoms with Crippen LogP contribution in [-0.4, -0.2) is 4.57 Å². The largest absolute Gasteiger partial charge is 0.454 e. The van der Waals surface area contributed by atoms with Crippen LogP contribution < -0.4 is 4.90 Å². The second-order valence-corrected chi connectivity index (χ2v) is 15.7. The minimum absolute atomic E-state index is 0.852. The highest BCUT2D eigenvalue weighted by molar-refractivity contribution is 6.24. The minimum atomic E-state index is 0.852. The Morgan fingerprint density at radius 2 is 0.869 bits per heavy atom. The van der Waals surface area contributed by atoms with Gasteiger partial charge in [0.05, 0.1) is 16.7 Å². The van der Waals surface area contributed by atoms with Crippen LogP contribution in [0.5, 0.6) is 0 Å². The summed E-state index contributed by atoms with van der Waals surface area (Å²) in [5.74, 6) is 0. The van der Waals surface area contributed by atoms with Crippen molar-refractivity contribution in [2.45, 2.75) is 0 Å². The Morgan fingerprint density at radius 1 is 0.344 bits per heavy atom. The second-order valence-electron chi connectivity index (χ2n) is 15.7. The Bertz CT molecular complexity index is 3550. The number of hydrogen-bond donors (Lipinski definition) is 0. The lowest BCUT2D eigenvalue weighted by molar-refractivity contribution is 0.669. The van der Waals surface area contributed by atoms with Crippen LogP contribution in [0.1, 0.15) is 0 Å². The third-order valence-corrected chi connectivity index (χ3v) is 12.2. The molecule has 0 saturated heterocycles. The van der Waals surface area contributed by atoms with E-state index in [1.165, 1.54) is 54.8 Å². The zero-order valence-corrected chi connectivity index (χ0v) is 33.2. The first-order chi connectivity index (χ1) is 30.3. The summed E-state index contributed by atoms with van der Waals surface area (Å²) < 4.78 is 9.46. The number of para-hydroxylation sites is 4. The van der Waals surface area contributed by atoms with Crippen LogP contribution in [0.25, 0.3) is 93.6 Å². The minimum Gasteiger partial charge on any atom is -0.454 e. The Balaban J connectivity index is 0.996. The van der Waals surface area contributed by atoms with E-state index in [2.05, 4.69) is 240 Å². The lowest BCUT2D eigenvalue weighted by atomic mass is 9.94. The topological polar surface area (TPSA) is 21.3 Å². The summed E-state index contributed by atoms with van der Waals surface area (Å²) in [6.07, 6.45) is 0. The molecular formula is C58H38N2O. The number of furan rings is 1. The van der Waals surface area contributed by atoms with Gasteiger partial charge in [0, 0.05) is 38.6 Å². The van der Waals surface area contributed by atoms with E-state index in [1.54, 1.807) is 0 Å². The average molecular weight is 779 g/mol. The van der Waals surface area contributed by atoms with E-state index in [1.807, 2.05) is 0 Å². The second kappa shape index (κ2) is 14.3. The fraction of sp³-hybridized carbons (Fsp3) is 0. The highest BCUT2D eigenvalue weighted by Gasteiger charge is 2.22. The summed E-state index contributed by atoms with van der Waals surface area (Å²) in [6.45, 7) is 0. The maximum atomic E-state index is 7.09. The Morgan fingerprint density at radius 3 is 1.59 bits per heavy atom. The highest BCUT2D eigenvalue weighted by atomic mass is 16.3. The van der Waals surface area contributed by atoms with Crippen molar-refractivity contribution in [3.05, 3.63) is 231 Å². The Labute approximate surface area is 353 Å². The van der Waals surface area contributed by atoms with Gasteiger partial charge in [-0.3, -0.25) is 0 Å². The van der Waals surface area contributed by atoms with Gasteiger partial charge in [-0.1, -0.05) is 164 Å². The summed E-state index contributed by atoms with van der Waals surface area (Å²) in [5.41, 5.74) is 15.4. The number of nitrogens with zero attached hydrogens (tertiary/aromatic N) is 2. The van der Waals surface area contributed by atoms with Crippen molar-refractivity contribution in [2.75, 3.05) is 4.90 Å². The molecule has 0 aliphatic carbocycles. The molecule has 286 valence electrons. The monoisotopic (exact) mass is 778 g/mol. The van der Waals surface area contributed by atoms with Gasteiger partial charge in [0.15, 0.2) is 5.58 Å². The van der Waals surface area contributed by atoms with Gasteiger partial charge in [0.2, 0.25) is 0 Å². The predicted molar refractivity (Wildman–Crippen MR) is 257 cm³/mol. The maximum absolute atomic E-state index is 7.09. The molecule has 12 aromatic rings. The molecule has 0 bridgehead atoms. The molecule has 0 aliphatic rings. The van der Waals surface area contributed by atoms with Crippen molar-refractivity contribution >= 4 is 71.6 Å². The number of benzene rings is 10. The van der Waals surface area contributed by atoms with E-state index >= 15 is 0 Å². The standard InChI is InChI=1S/C58H38N2O/c1-4-15-39(16-5-1)40-27-29-41(30-28-40)42-31-34-46(35-32-42)59(44-17-6-2-7-18-44)55-26-14-24-50-57-49-23-11-10-21-47(49)51(38-56(57)61-58(50)55)43-33-36-54-52(37-43)48-22-12-13-25-53(48)60(54)45-19-8-3-9-20-45/h1-38H. The van der Waals surface area contributed by atoms with Gasteiger partial charge in [0.25, 0.3) is 0 Å². The molecule has 2 heterocycles. The van der Waals surface area contributed by atoms with Gasteiger partial charge in [-0.25, -0.2) is 0 Å². The molecule has 0 atom stereocenters. The summed E-state index contributed by atoms with van der Waals surface area (Å²) in [6, 6.07) is 82.6. The molecule has 3 nitrogen and oxygen atoms in total. The van der Waals surface area contributed by atoms with E-state index in [9.17, 15) is 0 Å². The molecule has 0 aliphatic heterocycles. The predicted octanol–water partition coefficient (Wildman–Crippen LogP) is 16.3. The van der Waals surface area contributed by atoms with E-state index < -0.39 is 0 Å².